The van der Waals surface area contributed by atoms with E-state index in [0.717, 1.165) is 5.70 Å². The van der Waals surface area contributed by atoms with Crippen molar-refractivity contribution in [3.8, 4) is 0 Å². The van der Waals surface area contributed by atoms with Gasteiger partial charge in [0.2, 0.25) is 0 Å². The third-order valence-corrected chi connectivity index (χ3v) is 2.65. The van der Waals surface area contributed by atoms with Crippen LogP contribution in [0.4, 0.5) is 0 Å². The molecule has 0 unspecified atom stereocenters. The predicted octanol–water partition coefficient (Wildman–Crippen LogP) is 1.18. The van der Waals surface area contributed by atoms with Crippen LogP contribution in [-0.4, -0.2) is 0 Å². The first-order valence-electron chi connectivity index (χ1n) is 3.81. The third-order valence-electron chi connectivity index (χ3n) is 2.65. The molecule has 0 saturated heterocycles. The molecule has 0 aromatic carbocycles. The molecule has 1 aliphatic rings. The average Bonchev–Trinajstić information content (AvgIpc) is 2.65. The van der Waals surface area contributed by atoms with E-state index in [1.165, 1.54) is 12.8 Å². The molecule has 4 N–H and O–H groups in total. The van der Waals surface area contributed by atoms with Crippen molar-refractivity contribution in [1.29, 1.82) is 0 Å². The molecule has 2 nitrogen and oxygen atoms in total. The minimum absolute atomic E-state index is 0.273. The van der Waals surface area contributed by atoms with Crippen molar-refractivity contribution in [2.45, 2.75) is 26.7 Å². The SMILES string of the molecule is CC(C)C1(/C(N)=C/N)CC1. The van der Waals surface area contributed by atoms with Crippen LogP contribution in [0, 0.1) is 11.3 Å². The van der Waals surface area contributed by atoms with Crippen molar-refractivity contribution < 1.29 is 0 Å². The standard InChI is InChI=1S/C8H16N2/c1-6(2)8(3-4-8)7(10)5-9/h5-6H,3-4,9-10H2,1-2H3/b7-5-. The van der Waals surface area contributed by atoms with Crippen LogP contribution in [0.25, 0.3) is 0 Å². The lowest BCUT2D eigenvalue weighted by molar-refractivity contribution is 0.417. The molecule has 0 atom stereocenters. The summed E-state index contributed by atoms with van der Waals surface area (Å²) in [4.78, 5) is 0. The van der Waals surface area contributed by atoms with Crippen LogP contribution in [0.15, 0.2) is 11.9 Å². The molecule has 0 heterocycles. The third kappa shape index (κ3) is 0.877. The Balaban J connectivity index is 2.70. The summed E-state index contributed by atoms with van der Waals surface area (Å²) < 4.78 is 0. The van der Waals surface area contributed by atoms with Gasteiger partial charge in [-0.05, 0) is 18.8 Å². The minimum Gasteiger partial charge on any atom is -0.403 e. The molecule has 0 aliphatic heterocycles. The van der Waals surface area contributed by atoms with Gasteiger partial charge in [-0.15, -0.1) is 0 Å². The van der Waals surface area contributed by atoms with Crippen molar-refractivity contribution in [2.24, 2.45) is 22.8 Å². The fourth-order valence-electron chi connectivity index (χ4n) is 1.50. The lowest BCUT2D eigenvalue weighted by Crippen LogP contribution is -2.20. The number of rotatable bonds is 2. The van der Waals surface area contributed by atoms with E-state index < -0.39 is 0 Å². The Morgan fingerprint density at radius 2 is 2.00 bits per heavy atom. The highest BCUT2D eigenvalue weighted by molar-refractivity contribution is 5.18. The topological polar surface area (TPSA) is 52.0 Å². The lowest BCUT2D eigenvalue weighted by atomic mass is 9.90. The first-order valence-corrected chi connectivity index (χ1v) is 3.81. The van der Waals surface area contributed by atoms with Crippen LogP contribution in [0.3, 0.4) is 0 Å². The molecule has 0 aromatic rings. The number of hydrogen-bond acceptors (Lipinski definition) is 2. The molecule has 0 amide bonds. The molecule has 1 saturated carbocycles. The molecular formula is C8H16N2. The zero-order valence-electron chi connectivity index (χ0n) is 6.72. The van der Waals surface area contributed by atoms with Crippen molar-refractivity contribution in [3.63, 3.8) is 0 Å². The van der Waals surface area contributed by atoms with E-state index in [9.17, 15) is 0 Å². The summed E-state index contributed by atoms with van der Waals surface area (Å²) in [7, 11) is 0. The summed E-state index contributed by atoms with van der Waals surface area (Å²) in [5.74, 6) is 0.632. The van der Waals surface area contributed by atoms with Gasteiger partial charge < -0.3 is 11.5 Å². The summed E-state index contributed by atoms with van der Waals surface area (Å²) in [6, 6.07) is 0. The van der Waals surface area contributed by atoms with Gasteiger partial charge in [-0.1, -0.05) is 13.8 Å². The fourth-order valence-corrected chi connectivity index (χ4v) is 1.50. The largest absolute Gasteiger partial charge is 0.403 e. The Kier molecular flexibility index (Phi) is 1.63. The van der Waals surface area contributed by atoms with Crippen LogP contribution >= 0.6 is 0 Å². The maximum absolute atomic E-state index is 5.75. The van der Waals surface area contributed by atoms with Crippen LogP contribution in [-0.2, 0) is 0 Å². The van der Waals surface area contributed by atoms with Gasteiger partial charge in [0.15, 0.2) is 0 Å². The Labute approximate surface area is 62.3 Å². The second-order valence-electron chi connectivity index (χ2n) is 3.43. The molecule has 1 fully saturated rings. The van der Waals surface area contributed by atoms with Gasteiger partial charge in [0.25, 0.3) is 0 Å². The zero-order valence-corrected chi connectivity index (χ0v) is 6.72. The summed E-state index contributed by atoms with van der Waals surface area (Å²) in [5.41, 5.74) is 12.2. The van der Waals surface area contributed by atoms with Crippen molar-refractivity contribution in [1.82, 2.24) is 0 Å². The minimum atomic E-state index is 0.273. The van der Waals surface area contributed by atoms with Crippen LogP contribution in [0.2, 0.25) is 0 Å². The Hall–Kier alpha value is -0.660. The molecule has 1 rings (SSSR count). The van der Waals surface area contributed by atoms with E-state index in [0.29, 0.717) is 5.92 Å². The maximum Gasteiger partial charge on any atom is 0.0303 e. The van der Waals surface area contributed by atoms with Gasteiger partial charge in [0, 0.05) is 17.3 Å². The van der Waals surface area contributed by atoms with E-state index in [4.69, 9.17) is 11.5 Å². The van der Waals surface area contributed by atoms with Gasteiger partial charge in [0.05, 0.1) is 0 Å². The summed E-state index contributed by atoms with van der Waals surface area (Å²) in [5, 5.41) is 0. The zero-order chi connectivity index (χ0) is 7.78. The molecular weight excluding hydrogens is 124 g/mol. The highest BCUT2D eigenvalue weighted by Crippen LogP contribution is 2.55. The molecule has 58 valence electrons. The Morgan fingerprint density at radius 3 is 2.10 bits per heavy atom. The fraction of sp³-hybridized carbons (Fsp3) is 0.750. The first-order chi connectivity index (χ1) is 4.63. The molecule has 2 heteroatoms. The molecule has 0 spiro atoms. The number of allylic oxidation sites excluding steroid dienone is 1. The second kappa shape index (κ2) is 2.19. The van der Waals surface area contributed by atoms with Crippen LogP contribution < -0.4 is 11.5 Å². The molecule has 0 radical (unpaired) electrons. The van der Waals surface area contributed by atoms with Crippen molar-refractivity contribution in [3.05, 3.63) is 11.9 Å². The summed E-state index contributed by atoms with van der Waals surface area (Å²) in [6.07, 6.45) is 3.97. The van der Waals surface area contributed by atoms with Gasteiger partial charge in [-0.3, -0.25) is 0 Å². The van der Waals surface area contributed by atoms with Crippen LogP contribution in [0.5, 0.6) is 0 Å². The number of nitrogens with two attached hydrogens (primary N) is 2. The van der Waals surface area contributed by atoms with Gasteiger partial charge in [-0.25, -0.2) is 0 Å². The van der Waals surface area contributed by atoms with E-state index >= 15 is 0 Å². The molecule has 1 aliphatic carbocycles. The van der Waals surface area contributed by atoms with Crippen molar-refractivity contribution in [2.75, 3.05) is 0 Å². The number of hydrogen-bond donors (Lipinski definition) is 2. The summed E-state index contributed by atoms with van der Waals surface area (Å²) in [6.45, 7) is 4.40. The van der Waals surface area contributed by atoms with Gasteiger partial charge >= 0.3 is 0 Å². The molecule has 10 heavy (non-hydrogen) atoms. The smallest absolute Gasteiger partial charge is 0.0303 e. The van der Waals surface area contributed by atoms with Crippen molar-refractivity contribution >= 4 is 0 Å². The maximum atomic E-state index is 5.75. The van der Waals surface area contributed by atoms with E-state index in [1.54, 1.807) is 6.20 Å². The highest BCUT2D eigenvalue weighted by Gasteiger charge is 2.47. The predicted molar refractivity (Wildman–Crippen MR) is 43.0 cm³/mol. The van der Waals surface area contributed by atoms with E-state index in [-0.39, 0.29) is 5.41 Å². The molecule has 0 aromatic heterocycles. The highest BCUT2D eigenvalue weighted by atomic mass is 14.7. The van der Waals surface area contributed by atoms with Gasteiger partial charge in [-0.2, -0.15) is 0 Å². The van der Waals surface area contributed by atoms with Crippen LogP contribution in [0.1, 0.15) is 26.7 Å². The summed E-state index contributed by atoms with van der Waals surface area (Å²) >= 11 is 0. The van der Waals surface area contributed by atoms with Gasteiger partial charge in [0.1, 0.15) is 0 Å². The first kappa shape index (κ1) is 7.45. The quantitative estimate of drug-likeness (QED) is 0.605. The van der Waals surface area contributed by atoms with E-state index in [1.807, 2.05) is 0 Å². The normalized spacial score (nSPS) is 23.3. The Bertz CT molecular complexity index is 155. The molecule has 0 bridgehead atoms. The lowest BCUT2D eigenvalue weighted by Gasteiger charge is -2.19. The Morgan fingerprint density at radius 1 is 1.50 bits per heavy atom. The second-order valence-corrected chi connectivity index (χ2v) is 3.43. The average molecular weight is 140 g/mol. The monoisotopic (exact) mass is 140 g/mol. The van der Waals surface area contributed by atoms with E-state index in [2.05, 4.69) is 13.8 Å².